The number of hydrogen-bond acceptors (Lipinski definition) is 0. The fourth-order valence-corrected chi connectivity index (χ4v) is 3.79. The van der Waals surface area contributed by atoms with Gasteiger partial charge >= 0.3 is 0 Å². The lowest BCUT2D eigenvalue weighted by atomic mass is 10.1. The van der Waals surface area contributed by atoms with Crippen LogP contribution in [0.1, 0.15) is 63.9 Å². The van der Waals surface area contributed by atoms with Gasteiger partial charge in [-0.1, -0.05) is 76.0 Å². The van der Waals surface area contributed by atoms with E-state index < -0.39 is 0 Å². The molecule has 1 heteroatoms. The van der Waals surface area contributed by atoms with Gasteiger partial charge in [0.15, 0.2) is 0 Å². The molecule has 0 unspecified atom stereocenters. The van der Waals surface area contributed by atoms with E-state index in [-0.39, 0.29) is 0 Å². The molecule has 25 heavy (non-hydrogen) atoms. The second-order valence-electron chi connectivity index (χ2n) is 7.02. The normalized spacial score (nSPS) is 11.2. The number of rotatable bonds is 9. The summed E-state index contributed by atoms with van der Waals surface area (Å²) in [5.74, 6) is 2.76. The lowest BCUT2D eigenvalue weighted by Crippen LogP contribution is -1.97. The summed E-state index contributed by atoms with van der Waals surface area (Å²) in [4.78, 5) is 0. The number of aromatic nitrogens is 1. The standard InChI is InChI=1S/C24H29N/c1-3-5-6-7-8-9-10-13-18-25-23-15-12-11-14-21(23)22-19-20(4-2)16-17-24(22)25/h2,11-12,14-17,19H,3,5-10,13,18H2,1H3. The average Bonchev–Trinajstić information content (AvgIpc) is 2.97. The Morgan fingerprint density at radius 1 is 0.800 bits per heavy atom. The van der Waals surface area contributed by atoms with Gasteiger partial charge in [-0.3, -0.25) is 0 Å². The Labute approximate surface area is 152 Å². The number of hydrogen-bond donors (Lipinski definition) is 0. The van der Waals surface area contributed by atoms with Crippen molar-refractivity contribution in [1.82, 2.24) is 4.57 Å². The summed E-state index contributed by atoms with van der Waals surface area (Å²) in [5.41, 5.74) is 3.60. The van der Waals surface area contributed by atoms with E-state index in [2.05, 4.69) is 59.9 Å². The molecule has 0 aliphatic rings. The van der Waals surface area contributed by atoms with Gasteiger partial charge in [0.1, 0.15) is 0 Å². The smallest absolute Gasteiger partial charge is 0.0492 e. The third kappa shape index (κ3) is 4.07. The highest BCUT2D eigenvalue weighted by Gasteiger charge is 2.10. The number of nitrogens with zero attached hydrogens (tertiary/aromatic N) is 1. The Bertz CT molecular complexity index is 863. The Morgan fingerprint density at radius 3 is 2.24 bits per heavy atom. The van der Waals surface area contributed by atoms with Gasteiger partial charge in [0.2, 0.25) is 0 Å². The van der Waals surface area contributed by atoms with Crippen molar-refractivity contribution >= 4 is 21.8 Å². The molecule has 0 spiro atoms. The molecule has 1 nitrogen and oxygen atoms in total. The first-order valence-electron chi connectivity index (χ1n) is 9.82. The predicted octanol–water partition coefficient (Wildman–Crippen LogP) is 6.92. The summed E-state index contributed by atoms with van der Waals surface area (Å²) in [5, 5.41) is 2.60. The molecule has 0 bridgehead atoms. The van der Waals surface area contributed by atoms with Gasteiger partial charge in [0.05, 0.1) is 0 Å². The summed E-state index contributed by atoms with van der Waals surface area (Å²) >= 11 is 0. The number of unbranched alkanes of at least 4 members (excludes halogenated alkanes) is 7. The van der Waals surface area contributed by atoms with Crippen molar-refractivity contribution in [2.24, 2.45) is 0 Å². The van der Waals surface area contributed by atoms with Gasteiger partial charge in [0.25, 0.3) is 0 Å². The number of fused-ring (bicyclic) bond motifs is 3. The van der Waals surface area contributed by atoms with Crippen LogP contribution in [-0.2, 0) is 6.54 Å². The third-order valence-corrected chi connectivity index (χ3v) is 5.17. The number of terminal acetylenes is 1. The lowest BCUT2D eigenvalue weighted by molar-refractivity contribution is 0.553. The van der Waals surface area contributed by atoms with E-state index in [0.717, 1.165) is 12.1 Å². The highest BCUT2D eigenvalue weighted by atomic mass is 15.0. The van der Waals surface area contributed by atoms with E-state index in [9.17, 15) is 0 Å². The highest BCUT2D eigenvalue weighted by molar-refractivity contribution is 6.08. The quantitative estimate of drug-likeness (QED) is 0.296. The molecule has 3 aromatic rings. The van der Waals surface area contributed by atoms with E-state index in [1.807, 2.05) is 0 Å². The minimum Gasteiger partial charge on any atom is -0.340 e. The first kappa shape index (κ1) is 17.6. The average molecular weight is 332 g/mol. The molecule has 0 saturated carbocycles. The van der Waals surface area contributed by atoms with Crippen molar-refractivity contribution in [1.29, 1.82) is 0 Å². The second kappa shape index (κ2) is 8.77. The fourth-order valence-electron chi connectivity index (χ4n) is 3.79. The van der Waals surface area contributed by atoms with Crippen molar-refractivity contribution in [2.45, 2.75) is 64.8 Å². The van der Waals surface area contributed by atoms with E-state index >= 15 is 0 Å². The van der Waals surface area contributed by atoms with E-state index in [4.69, 9.17) is 6.42 Å². The fraction of sp³-hybridized carbons (Fsp3) is 0.417. The molecule has 0 radical (unpaired) electrons. The van der Waals surface area contributed by atoms with E-state index in [1.165, 1.54) is 73.2 Å². The molecule has 0 atom stereocenters. The summed E-state index contributed by atoms with van der Waals surface area (Å²) in [7, 11) is 0. The lowest BCUT2D eigenvalue weighted by Gasteiger charge is -2.08. The maximum atomic E-state index is 5.59. The topological polar surface area (TPSA) is 4.93 Å². The molecule has 0 amide bonds. The van der Waals surface area contributed by atoms with Crippen LogP contribution in [0.15, 0.2) is 42.5 Å². The molecule has 0 saturated heterocycles. The van der Waals surface area contributed by atoms with Crippen molar-refractivity contribution in [3.63, 3.8) is 0 Å². The maximum Gasteiger partial charge on any atom is 0.0492 e. The van der Waals surface area contributed by atoms with Gasteiger partial charge in [-0.05, 0) is 30.7 Å². The summed E-state index contributed by atoms with van der Waals surface area (Å²) in [6, 6.07) is 15.1. The summed E-state index contributed by atoms with van der Waals surface area (Å²) < 4.78 is 2.47. The van der Waals surface area contributed by atoms with Crippen LogP contribution >= 0.6 is 0 Å². The SMILES string of the molecule is C#Cc1ccc2c(c1)c1ccccc1n2CCCCCCCCCC. The Morgan fingerprint density at radius 2 is 1.48 bits per heavy atom. The molecule has 0 fully saturated rings. The molecule has 3 rings (SSSR count). The Kier molecular flexibility index (Phi) is 6.18. The summed E-state index contributed by atoms with van der Waals surface area (Å²) in [6.07, 6.45) is 16.4. The predicted molar refractivity (Wildman–Crippen MR) is 110 cm³/mol. The largest absolute Gasteiger partial charge is 0.340 e. The zero-order valence-electron chi connectivity index (χ0n) is 15.4. The molecule has 2 aromatic carbocycles. The number of aryl methyl sites for hydroxylation is 1. The Hall–Kier alpha value is -2.20. The zero-order chi connectivity index (χ0) is 17.5. The van der Waals surface area contributed by atoms with Crippen LogP contribution in [0.4, 0.5) is 0 Å². The van der Waals surface area contributed by atoms with E-state index in [1.54, 1.807) is 0 Å². The van der Waals surface area contributed by atoms with Gasteiger partial charge in [-0.25, -0.2) is 0 Å². The molecule has 130 valence electrons. The highest BCUT2D eigenvalue weighted by Crippen LogP contribution is 2.30. The first-order chi connectivity index (χ1) is 12.3. The van der Waals surface area contributed by atoms with Crippen molar-refractivity contribution in [3.05, 3.63) is 48.0 Å². The van der Waals surface area contributed by atoms with Crippen LogP contribution in [0.2, 0.25) is 0 Å². The minimum atomic E-state index is 0.961. The van der Waals surface area contributed by atoms with Gasteiger partial charge in [0, 0.05) is 33.9 Å². The minimum absolute atomic E-state index is 0.961. The molecule has 0 aliphatic carbocycles. The van der Waals surface area contributed by atoms with Gasteiger partial charge < -0.3 is 4.57 Å². The molecular formula is C24H29N. The molecule has 1 aromatic heterocycles. The van der Waals surface area contributed by atoms with Crippen LogP contribution in [0.3, 0.4) is 0 Å². The van der Waals surface area contributed by atoms with Crippen LogP contribution < -0.4 is 0 Å². The zero-order valence-corrected chi connectivity index (χ0v) is 15.4. The van der Waals surface area contributed by atoms with Crippen LogP contribution in [0, 0.1) is 12.3 Å². The van der Waals surface area contributed by atoms with E-state index in [0.29, 0.717) is 0 Å². The second-order valence-corrected chi connectivity index (χ2v) is 7.02. The molecular weight excluding hydrogens is 302 g/mol. The van der Waals surface area contributed by atoms with Crippen molar-refractivity contribution in [3.8, 4) is 12.3 Å². The van der Waals surface area contributed by atoms with Crippen LogP contribution in [0.25, 0.3) is 21.8 Å². The number of para-hydroxylation sites is 1. The summed E-state index contributed by atoms with van der Waals surface area (Å²) in [6.45, 7) is 3.37. The monoisotopic (exact) mass is 331 g/mol. The van der Waals surface area contributed by atoms with Crippen molar-refractivity contribution < 1.29 is 0 Å². The third-order valence-electron chi connectivity index (χ3n) is 5.17. The van der Waals surface area contributed by atoms with Crippen LogP contribution in [0.5, 0.6) is 0 Å². The molecule has 0 aliphatic heterocycles. The van der Waals surface area contributed by atoms with Gasteiger partial charge in [-0.2, -0.15) is 0 Å². The Balaban J connectivity index is 1.69. The molecule has 1 heterocycles. The number of benzene rings is 2. The maximum absolute atomic E-state index is 5.59. The van der Waals surface area contributed by atoms with Gasteiger partial charge in [-0.15, -0.1) is 6.42 Å². The van der Waals surface area contributed by atoms with Crippen molar-refractivity contribution in [2.75, 3.05) is 0 Å². The van der Waals surface area contributed by atoms with Crippen LogP contribution in [-0.4, -0.2) is 4.57 Å². The first-order valence-corrected chi connectivity index (χ1v) is 9.82. The molecule has 0 N–H and O–H groups in total.